The summed E-state index contributed by atoms with van der Waals surface area (Å²) in [4.78, 5) is 10.4. The fourth-order valence-corrected chi connectivity index (χ4v) is 2.54. The number of esters is 1. The topological polar surface area (TPSA) is 64.6 Å². The lowest BCUT2D eigenvalue weighted by molar-refractivity contribution is -0.150. The molecule has 0 aromatic heterocycles. The van der Waals surface area contributed by atoms with Crippen LogP contribution in [0.1, 0.15) is 26.3 Å². The minimum absolute atomic E-state index is 0.267. The second-order valence-electron chi connectivity index (χ2n) is 4.85. The van der Waals surface area contributed by atoms with Crippen LogP contribution < -0.4 is 9.61 Å². The zero-order valence-electron chi connectivity index (χ0n) is 12.0. The Morgan fingerprint density at radius 3 is 2.40 bits per heavy atom. The van der Waals surface area contributed by atoms with Crippen molar-refractivity contribution in [1.29, 1.82) is 0 Å². The fourth-order valence-electron chi connectivity index (χ4n) is 1.32. The molecule has 7 heteroatoms. The number of hydrogen-bond donors (Lipinski definition) is 2. The lowest BCUT2D eigenvalue weighted by atomic mass is 10.2. The van der Waals surface area contributed by atoms with Crippen LogP contribution in [0.2, 0.25) is 0 Å². The Hall–Kier alpha value is -0.970. The van der Waals surface area contributed by atoms with Crippen molar-refractivity contribution >= 4 is 26.8 Å². The summed E-state index contributed by atoms with van der Waals surface area (Å²) in [7, 11) is -2.67. The largest absolute Gasteiger partial charge is 0.461 e. The van der Waals surface area contributed by atoms with Gasteiger partial charge < -0.3 is 9.26 Å². The van der Waals surface area contributed by atoms with Gasteiger partial charge in [0.25, 0.3) is 0 Å². The van der Waals surface area contributed by atoms with E-state index in [0.717, 1.165) is 5.56 Å². The maximum atomic E-state index is 11.9. The zero-order chi connectivity index (χ0) is 15.3. The summed E-state index contributed by atoms with van der Waals surface area (Å²) in [6, 6.07) is 7.11. The van der Waals surface area contributed by atoms with E-state index in [4.69, 9.17) is 9.26 Å². The SMILES string of the molecule is Cc1ccc(O[PH](=O)NC(C)(S)C(=O)OC(C)C)cc1. The van der Waals surface area contributed by atoms with Crippen LogP contribution in [0.4, 0.5) is 0 Å². The molecule has 0 bridgehead atoms. The van der Waals surface area contributed by atoms with Gasteiger partial charge in [-0.1, -0.05) is 17.7 Å². The molecule has 2 atom stereocenters. The van der Waals surface area contributed by atoms with Crippen molar-refractivity contribution in [1.82, 2.24) is 5.09 Å². The van der Waals surface area contributed by atoms with E-state index in [1.807, 2.05) is 19.1 Å². The molecular formula is C13H20NO4PS. The second kappa shape index (κ2) is 7.16. The van der Waals surface area contributed by atoms with Crippen molar-refractivity contribution in [2.45, 2.75) is 38.7 Å². The standard InChI is InChI=1S/C13H20NO4PS/c1-9(2)17-12(15)13(4,20)14-19(16)18-11-7-5-10(3)6-8-11/h5-9,19-20H,1-4H3,(H,14,16). The van der Waals surface area contributed by atoms with E-state index in [0.29, 0.717) is 5.75 Å². The molecule has 0 aliphatic carbocycles. The molecule has 20 heavy (non-hydrogen) atoms. The monoisotopic (exact) mass is 317 g/mol. The third kappa shape index (κ3) is 5.57. The average molecular weight is 317 g/mol. The maximum Gasteiger partial charge on any atom is 0.337 e. The Labute approximate surface area is 125 Å². The zero-order valence-corrected chi connectivity index (χ0v) is 13.9. The Morgan fingerprint density at radius 1 is 1.35 bits per heavy atom. The van der Waals surface area contributed by atoms with Gasteiger partial charge in [-0.15, -0.1) is 12.6 Å². The van der Waals surface area contributed by atoms with Gasteiger partial charge in [-0.3, -0.25) is 4.57 Å². The predicted octanol–water partition coefficient (Wildman–Crippen LogP) is 2.95. The van der Waals surface area contributed by atoms with E-state index in [1.165, 1.54) is 6.92 Å². The minimum Gasteiger partial charge on any atom is -0.461 e. The highest BCUT2D eigenvalue weighted by Crippen LogP contribution is 2.28. The maximum absolute atomic E-state index is 11.9. The quantitative estimate of drug-likeness (QED) is 0.365. The first-order valence-corrected chi connectivity index (χ1v) is 7.97. The van der Waals surface area contributed by atoms with E-state index in [2.05, 4.69) is 17.7 Å². The molecule has 1 aromatic carbocycles. The third-order valence-corrected chi connectivity index (χ3v) is 3.95. The highest BCUT2D eigenvalue weighted by atomic mass is 32.1. The highest BCUT2D eigenvalue weighted by molar-refractivity contribution is 7.83. The first kappa shape index (κ1) is 17.1. The van der Waals surface area contributed by atoms with E-state index >= 15 is 0 Å². The fraction of sp³-hybridized carbons (Fsp3) is 0.462. The van der Waals surface area contributed by atoms with Gasteiger partial charge in [0.05, 0.1) is 6.10 Å². The normalized spacial score (nSPS) is 15.5. The van der Waals surface area contributed by atoms with Gasteiger partial charge in [0.1, 0.15) is 5.75 Å². The summed E-state index contributed by atoms with van der Waals surface area (Å²) in [6.07, 6.45) is -0.267. The van der Waals surface area contributed by atoms with Gasteiger partial charge >= 0.3 is 14.1 Å². The molecule has 1 aromatic rings. The van der Waals surface area contributed by atoms with E-state index in [9.17, 15) is 9.36 Å². The lowest BCUT2D eigenvalue weighted by Crippen LogP contribution is -2.43. The van der Waals surface area contributed by atoms with Crippen LogP contribution in [0.3, 0.4) is 0 Å². The van der Waals surface area contributed by atoms with Crippen molar-refractivity contribution in [3.63, 3.8) is 0 Å². The van der Waals surface area contributed by atoms with Crippen LogP contribution in [-0.4, -0.2) is 16.9 Å². The number of rotatable bonds is 6. The Kier molecular flexibility index (Phi) is 6.11. The number of benzene rings is 1. The molecule has 0 heterocycles. The molecule has 0 fully saturated rings. The first-order valence-electron chi connectivity index (χ1n) is 6.21. The van der Waals surface area contributed by atoms with Gasteiger partial charge in [-0.05, 0) is 39.8 Å². The number of carbonyl (C=O) groups excluding carboxylic acids is 1. The molecule has 1 N–H and O–H groups in total. The number of hydrogen-bond acceptors (Lipinski definition) is 5. The van der Waals surface area contributed by atoms with Gasteiger partial charge in [0.2, 0.25) is 0 Å². The van der Waals surface area contributed by atoms with Crippen LogP contribution in [0, 0.1) is 6.92 Å². The molecule has 0 saturated carbocycles. The van der Waals surface area contributed by atoms with Gasteiger partial charge in [-0.2, -0.15) is 0 Å². The summed E-state index contributed by atoms with van der Waals surface area (Å²) in [6.45, 7) is 6.88. The first-order chi connectivity index (χ1) is 9.20. The Bertz CT molecular complexity index is 488. The Morgan fingerprint density at radius 2 is 1.90 bits per heavy atom. The van der Waals surface area contributed by atoms with E-state index in [-0.39, 0.29) is 6.10 Å². The average Bonchev–Trinajstić information content (AvgIpc) is 2.30. The van der Waals surface area contributed by atoms with E-state index in [1.54, 1.807) is 26.0 Å². The number of nitrogens with one attached hydrogen (secondary N) is 1. The molecule has 0 amide bonds. The van der Waals surface area contributed by atoms with Gasteiger partial charge in [0, 0.05) is 0 Å². The van der Waals surface area contributed by atoms with E-state index < -0.39 is 19.0 Å². The number of thiol groups is 1. The molecule has 5 nitrogen and oxygen atoms in total. The summed E-state index contributed by atoms with van der Waals surface area (Å²) in [5.74, 6) is -0.130. The summed E-state index contributed by atoms with van der Waals surface area (Å²) < 4.78 is 22.2. The molecule has 0 saturated heterocycles. The van der Waals surface area contributed by atoms with Crippen molar-refractivity contribution in [3.05, 3.63) is 29.8 Å². The van der Waals surface area contributed by atoms with Crippen molar-refractivity contribution in [2.24, 2.45) is 0 Å². The second-order valence-corrected chi connectivity index (χ2v) is 6.78. The minimum atomic E-state index is -2.67. The van der Waals surface area contributed by atoms with Crippen LogP contribution in [-0.2, 0) is 14.1 Å². The van der Waals surface area contributed by atoms with Crippen LogP contribution in [0.25, 0.3) is 0 Å². The van der Waals surface area contributed by atoms with Crippen molar-refractivity contribution in [2.75, 3.05) is 0 Å². The third-order valence-electron chi connectivity index (χ3n) is 2.32. The molecule has 0 spiro atoms. The lowest BCUT2D eigenvalue weighted by Gasteiger charge is -2.24. The molecule has 0 aliphatic heterocycles. The smallest absolute Gasteiger partial charge is 0.337 e. The number of aryl methyl sites for hydroxylation is 1. The molecule has 2 unspecified atom stereocenters. The van der Waals surface area contributed by atoms with Crippen molar-refractivity contribution < 1.29 is 18.6 Å². The molecule has 1 rings (SSSR count). The van der Waals surface area contributed by atoms with Crippen molar-refractivity contribution in [3.8, 4) is 5.75 Å². The summed E-state index contributed by atoms with van der Waals surface area (Å²) in [5.41, 5.74) is 1.07. The van der Waals surface area contributed by atoms with Crippen LogP contribution >= 0.6 is 20.8 Å². The van der Waals surface area contributed by atoms with Crippen LogP contribution in [0.5, 0.6) is 5.75 Å². The van der Waals surface area contributed by atoms with Gasteiger partial charge in [0.15, 0.2) is 4.87 Å². The molecule has 112 valence electrons. The molecule has 0 radical (unpaired) electrons. The molecule has 0 aliphatic rings. The van der Waals surface area contributed by atoms with Gasteiger partial charge in [-0.25, -0.2) is 9.88 Å². The summed E-state index contributed by atoms with van der Waals surface area (Å²) >= 11 is 4.14. The number of carbonyl (C=O) groups is 1. The highest BCUT2D eigenvalue weighted by Gasteiger charge is 2.33. The van der Waals surface area contributed by atoms with Crippen LogP contribution in [0.15, 0.2) is 24.3 Å². The number of ether oxygens (including phenoxy) is 1. The predicted molar refractivity (Wildman–Crippen MR) is 82.6 cm³/mol. The Balaban J connectivity index is 2.60. The molecular weight excluding hydrogens is 297 g/mol. The summed E-state index contributed by atoms with van der Waals surface area (Å²) in [5, 5.41) is 2.54.